The van der Waals surface area contributed by atoms with E-state index in [1.807, 2.05) is 6.07 Å². The van der Waals surface area contributed by atoms with Crippen LogP contribution < -0.4 is 10.9 Å². The number of likely N-dealkylation sites (N-methyl/N-ethyl adjacent to an activating group) is 1. The van der Waals surface area contributed by atoms with Gasteiger partial charge in [0, 0.05) is 6.20 Å². The molecular formula is C14H13Cl2F3N4O2. The molecule has 1 aliphatic rings. The Balaban J connectivity index is 2.22. The predicted octanol–water partition coefficient (Wildman–Crippen LogP) is 2.21. The summed E-state index contributed by atoms with van der Waals surface area (Å²) in [5.74, 6) is -0.556. The summed E-state index contributed by atoms with van der Waals surface area (Å²) in [5, 5.41) is 10.5. The van der Waals surface area contributed by atoms with Crippen molar-refractivity contribution in [1.29, 1.82) is 5.26 Å². The number of carbonyl (C=O) groups is 1. The smallest absolute Gasteiger partial charge is 0.323 e. The van der Waals surface area contributed by atoms with E-state index in [2.05, 4.69) is 5.32 Å². The Labute approximate surface area is 150 Å². The highest BCUT2D eigenvalue weighted by atomic mass is 35.5. The van der Waals surface area contributed by atoms with E-state index in [1.54, 1.807) is 7.05 Å². The van der Waals surface area contributed by atoms with Gasteiger partial charge in [0.2, 0.25) is 5.91 Å². The average molecular weight is 397 g/mol. The van der Waals surface area contributed by atoms with Crippen LogP contribution in [0.25, 0.3) is 0 Å². The highest BCUT2D eigenvalue weighted by molar-refractivity contribution is 6.30. The van der Waals surface area contributed by atoms with Gasteiger partial charge in [-0.05, 0) is 19.5 Å². The standard InChI is InChI=1S/C14H13Cl2F3N4O2/c1-22-10(3-8(15)11(22)4-20)12(24)21-7-2-9(16)13(25)23(5-7)6-14(17,18)19/h2,5,8,10-11H,3,6H2,1H3,(H,21,24). The highest BCUT2D eigenvalue weighted by Gasteiger charge is 2.41. The molecule has 0 bridgehead atoms. The topological polar surface area (TPSA) is 78.1 Å². The highest BCUT2D eigenvalue weighted by Crippen LogP contribution is 2.28. The molecule has 2 rings (SSSR count). The summed E-state index contributed by atoms with van der Waals surface area (Å²) in [5.41, 5.74) is -1.07. The number of anilines is 1. The first-order valence-corrected chi connectivity index (χ1v) is 7.88. The fraction of sp³-hybridized carbons (Fsp3) is 0.500. The lowest BCUT2D eigenvalue weighted by Gasteiger charge is -2.21. The zero-order valence-corrected chi connectivity index (χ0v) is 14.4. The summed E-state index contributed by atoms with van der Waals surface area (Å²) in [6.45, 7) is -1.53. The van der Waals surface area contributed by atoms with Crippen molar-refractivity contribution >= 4 is 34.8 Å². The third kappa shape index (κ3) is 4.45. The number of aromatic nitrogens is 1. The van der Waals surface area contributed by atoms with Crippen LogP contribution in [0.4, 0.5) is 18.9 Å². The van der Waals surface area contributed by atoms with Crippen molar-refractivity contribution < 1.29 is 18.0 Å². The number of amides is 1. The van der Waals surface area contributed by atoms with E-state index in [0.717, 1.165) is 12.3 Å². The molecule has 1 fully saturated rings. The zero-order valence-electron chi connectivity index (χ0n) is 12.8. The Morgan fingerprint density at radius 2 is 2.16 bits per heavy atom. The molecule has 136 valence electrons. The van der Waals surface area contributed by atoms with E-state index in [0.29, 0.717) is 4.57 Å². The molecule has 0 aromatic carbocycles. The second kappa shape index (κ2) is 7.23. The average Bonchev–Trinajstić information content (AvgIpc) is 2.77. The van der Waals surface area contributed by atoms with Gasteiger partial charge in [-0.25, -0.2) is 0 Å². The molecule has 6 nitrogen and oxygen atoms in total. The van der Waals surface area contributed by atoms with E-state index in [9.17, 15) is 22.8 Å². The van der Waals surface area contributed by atoms with Gasteiger partial charge in [0.1, 0.15) is 17.6 Å². The molecule has 1 N–H and O–H groups in total. The number of halogens is 5. The van der Waals surface area contributed by atoms with Crippen LogP contribution in [0.15, 0.2) is 17.1 Å². The SMILES string of the molecule is CN1C(C(=O)Nc2cc(Cl)c(=O)n(CC(F)(F)F)c2)CC(Cl)C1C#N. The van der Waals surface area contributed by atoms with Crippen molar-refractivity contribution in [2.75, 3.05) is 12.4 Å². The molecule has 11 heteroatoms. The first-order valence-electron chi connectivity index (χ1n) is 7.06. The van der Waals surface area contributed by atoms with Crippen molar-refractivity contribution in [2.45, 2.75) is 36.6 Å². The van der Waals surface area contributed by atoms with E-state index >= 15 is 0 Å². The van der Waals surface area contributed by atoms with Crippen LogP contribution in [0.5, 0.6) is 0 Å². The van der Waals surface area contributed by atoms with Crippen LogP contribution in [0, 0.1) is 11.3 Å². The van der Waals surface area contributed by atoms with Gasteiger partial charge in [0.05, 0.1) is 23.2 Å². The maximum absolute atomic E-state index is 12.5. The molecule has 0 radical (unpaired) electrons. The third-order valence-corrected chi connectivity index (χ3v) is 4.50. The number of hydrogen-bond acceptors (Lipinski definition) is 4. The Morgan fingerprint density at radius 3 is 2.68 bits per heavy atom. The number of carbonyl (C=O) groups excluding carboxylic acids is 1. The number of rotatable bonds is 3. The Kier molecular flexibility index (Phi) is 5.66. The second-order valence-electron chi connectivity index (χ2n) is 5.62. The molecule has 25 heavy (non-hydrogen) atoms. The van der Waals surface area contributed by atoms with Crippen LogP contribution in [-0.2, 0) is 11.3 Å². The van der Waals surface area contributed by atoms with Gasteiger partial charge in [-0.1, -0.05) is 11.6 Å². The van der Waals surface area contributed by atoms with Crippen LogP contribution in [-0.4, -0.2) is 46.1 Å². The normalized spacial score (nSPS) is 24.1. The molecular weight excluding hydrogens is 384 g/mol. The minimum Gasteiger partial charge on any atom is -0.323 e. The zero-order chi connectivity index (χ0) is 18.9. The van der Waals surface area contributed by atoms with Crippen LogP contribution in [0.3, 0.4) is 0 Å². The molecule has 1 aliphatic heterocycles. The number of alkyl halides is 4. The van der Waals surface area contributed by atoms with Crippen LogP contribution in [0.1, 0.15) is 6.42 Å². The second-order valence-corrected chi connectivity index (χ2v) is 6.59. The van der Waals surface area contributed by atoms with Gasteiger partial charge in [0.25, 0.3) is 5.56 Å². The van der Waals surface area contributed by atoms with Crippen molar-refractivity contribution in [3.05, 3.63) is 27.6 Å². The van der Waals surface area contributed by atoms with E-state index < -0.39 is 46.7 Å². The van der Waals surface area contributed by atoms with E-state index in [1.165, 1.54) is 4.90 Å². The molecule has 1 aromatic heterocycles. The molecule has 0 spiro atoms. The summed E-state index contributed by atoms with van der Waals surface area (Å²) in [6.07, 6.45) is -3.54. The van der Waals surface area contributed by atoms with Gasteiger partial charge >= 0.3 is 6.18 Å². The number of pyridine rings is 1. The minimum atomic E-state index is -4.62. The largest absolute Gasteiger partial charge is 0.406 e. The van der Waals surface area contributed by atoms with Crippen LogP contribution in [0.2, 0.25) is 5.02 Å². The molecule has 0 saturated carbocycles. The maximum atomic E-state index is 12.5. The summed E-state index contributed by atoms with van der Waals surface area (Å²) >= 11 is 11.7. The Hall–Kier alpha value is -1.76. The van der Waals surface area contributed by atoms with Gasteiger partial charge in [-0.2, -0.15) is 18.4 Å². The lowest BCUT2D eigenvalue weighted by Crippen LogP contribution is -2.40. The number of hydrogen-bond donors (Lipinski definition) is 1. The first-order chi connectivity index (χ1) is 11.5. The number of nitriles is 1. The van der Waals surface area contributed by atoms with Gasteiger partial charge < -0.3 is 9.88 Å². The monoisotopic (exact) mass is 396 g/mol. The molecule has 3 unspecified atom stereocenters. The number of nitrogens with zero attached hydrogens (tertiary/aromatic N) is 3. The van der Waals surface area contributed by atoms with Crippen molar-refractivity contribution in [2.24, 2.45) is 0 Å². The maximum Gasteiger partial charge on any atom is 0.406 e. The molecule has 1 amide bonds. The van der Waals surface area contributed by atoms with Crippen molar-refractivity contribution in [3.8, 4) is 6.07 Å². The summed E-state index contributed by atoms with van der Waals surface area (Å²) in [7, 11) is 1.55. The molecule has 2 heterocycles. The molecule has 1 saturated heterocycles. The van der Waals surface area contributed by atoms with Crippen molar-refractivity contribution in [1.82, 2.24) is 9.47 Å². The predicted molar refractivity (Wildman–Crippen MR) is 85.6 cm³/mol. The van der Waals surface area contributed by atoms with E-state index in [4.69, 9.17) is 28.5 Å². The molecule has 3 atom stereocenters. The summed E-state index contributed by atoms with van der Waals surface area (Å²) < 4.78 is 38.0. The summed E-state index contributed by atoms with van der Waals surface area (Å²) in [6, 6.07) is 1.68. The fourth-order valence-electron chi connectivity index (χ4n) is 2.63. The third-order valence-electron chi connectivity index (χ3n) is 3.82. The van der Waals surface area contributed by atoms with E-state index in [-0.39, 0.29) is 12.1 Å². The molecule has 1 aromatic rings. The van der Waals surface area contributed by atoms with Gasteiger partial charge in [-0.15, -0.1) is 11.6 Å². The number of likely N-dealkylation sites (tertiary alicyclic amines) is 1. The quantitative estimate of drug-likeness (QED) is 0.794. The lowest BCUT2D eigenvalue weighted by molar-refractivity contribution is -0.141. The van der Waals surface area contributed by atoms with Crippen molar-refractivity contribution in [3.63, 3.8) is 0 Å². The van der Waals surface area contributed by atoms with Gasteiger partial charge in [-0.3, -0.25) is 14.5 Å². The summed E-state index contributed by atoms with van der Waals surface area (Å²) in [4.78, 5) is 25.5. The first kappa shape index (κ1) is 19.6. The number of nitrogens with one attached hydrogen (secondary N) is 1. The molecule has 0 aliphatic carbocycles. The minimum absolute atomic E-state index is 0.0567. The Morgan fingerprint density at radius 1 is 1.52 bits per heavy atom. The van der Waals surface area contributed by atoms with Gasteiger partial charge in [0.15, 0.2) is 0 Å². The Bertz CT molecular complexity index is 775. The fourth-order valence-corrected chi connectivity index (χ4v) is 3.25. The van der Waals surface area contributed by atoms with Crippen LogP contribution >= 0.6 is 23.2 Å². The lowest BCUT2D eigenvalue weighted by atomic mass is 10.2.